The van der Waals surface area contributed by atoms with Crippen molar-refractivity contribution in [1.82, 2.24) is 0 Å². The molecule has 176 valence electrons. The average Bonchev–Trinajstić information content (AvgIpc) is 2.97. The Hall–Kier alpha value is -0.910. The third kappa shape index (κ3) is 3.89. The first kappa shape index (κ1) is 23.3. The lowest BCUT2D eigenvalue weighted by molar-refractivity contribution is -0.858. The van der Waals surface area contributed by atoms with Crippen LogP contribution in [0.3, 0.4) is 0 Å². The zero-order valence-electron chi connectivity index (χ0n) is 20.0. The van der Waals surface area contributed by atoms with Crippen LogP contribution in [0.25, 0.3) is 0 Å². The second-order valence-electron chi connectivity index (χ2n) is 11.9. The zero-order valence-corrected chi connectivity index (χ0v) is 20.0. The number of carbonyl (C=O) groups excluding carboxylic acids is 1. The van der Waals surface area contributed by atoms with Crippen LogP contribution in [0.5, 0.6) is 0 Å². The molecular weight excluding hydrogens is 390 g/mol. The number of rotatable bonds is 5. The minimum absolute atomic E-state index is 0.133. The Kier molecular flexibility index (Phi) is 6.35. The summed E-state index contributed by atoms with van der Waals surface area (Å²) >= 11 is 0. The zero-order chi connectivity index (χ0) is 22.4. The molecule has 0 aliphatic heterocycles. The molecule has 4 fully saturated rings. The van der Waals surface area contributed by atoms with Crippen molar-refractivity contribution < 1.29 is 24.6 Å². The van der Waals surface area contributed by atoms with Gasteiger partial charge in [0.2, 0.25) is 0 Å². The number of likely N-dealkylation sites (N-methyl/N-ethyl adjacent to an activating group) is 1. The van der Waals surface area contributed by atoms with Crippen LogP contribution < -0.4 is 4.90 Å². The van der Waals surface area contributed by atoms with Crippen LogP contribution in [-0.2, 0) is 9.53 Å². The molecule has 0 amide bonds. The second kappa shape index (κ2) is 8.46. The third-order valence-corrected chi connectivity index (χ3v) is 10.2. The van der Waals surface area contributed by atoms with Gasteiger partial charge < -0.3 is 19.8 Å². The number of esters is 1. The molecule has 0 bridgehead atoms. The SMILES string of the molecule is C[NH+](C)CCOC(=O)/C=C/[C@H]1CC[C@]2(O)[C@@H]3CC[C@@H]4C[C@@H](O)CC[C@]4(C)[C@H]3CC[C@]12C. The first-order valence-corrected chi connectivity index (χ1v) is 12.6. The second-order valence-corrected chi connectivity index (χ2v) is 11.9. The number of quaternary nitrogens is 1. The molecule has 4 aliphatic carbocycles. The fourth-order valence-electron chi connectivity index (χ4n) is 8.15. The summed E-state index contributed by atoms with van der Waals surface area (Å²) in [5.41, 5.74) is -0.561. The number of allylic oxidation sites excluding steroid dienone is 1. The predicted octanol–water partition coefficient (Wildman–Crippen LogP) is 2.37. The number of hydrogen-bond acceptors (Lipinski definition) is 4. The summed E-state index contributed by atoms with van der Waals surface area (Å²) in [6.07, 6.45) is 12.6. The van der Waals surface area contributed by atoms with Crippen molar-refractivity contribution in [3.63, 3.8) is 0 Å². The monoisotopic (exact) mass is 434 g/mol. The molecule has 0 aromatic rings. The highest BCUT2D eigenvalue weighted by molar-refractivity contribution is 5.81. The molecule has 5 heteroatoms. The molecule has 0 aromatic heterocycles. The molecule has 31 heavy (non-hydrogen) atoms. The standard InChI is InChI=1S/C26H43NO4/c1-24-12-10-20(28)17-19(24)5-7-22-21(24)11-13-25(2)18(9-14-26(22,25)30)6-8-23(29)31-16-15-27(3)4/h6,8,18-22,28,30H,5,7,9-17H2,1-4H3/p+1/b8-6+/t18-,19+,20-,21-,22+,24-,25+,26-/m0/s1. The minimum atomic E-state index is -0.646. The lowest BCUT2D eigenvalue weighted by atomic mass is 9.43. The maximum Gasteiger partial charge on any atom is 0.330 e. The number of ether oxygens (including phenoxy) is 1. The summed E-state index contributed by atoms with van der Waals surface area (Å²) in [4.78, 5) is 13.4. The van der Waals surface area contributed by atoms with Crippen LogP contribution in [0.2, 0.25) is 0 Å². The van der Waals surface area contributed by atoms with Crippen LogP contribution in [0.15, 0.2) is 12.2 Å². The van der Waals surface area contributed by atoms with E-state index >= 15 is 0 Å². The molecule has 0 saturated heterocycles. The van der Waals surface area contributed by atoms with Crippen LogP contribution in [-0.4, -0.2) is 55.1 Å². The highest BCUT2D eigenvalue weighted by Gasteiger charge is 2.66. The van der Waals surface area contributed by atoms with Gasteiger partial charge in [0.15, 0.2) is 0 Å². The van der Waals surface area contributed by atoms with Gasteiger partial charge in [0.1, 0.15) is 13.2 Å². The Morgan fingerprint density at radius 1 is 1.06 bits per heavy atom. The topological polar surface area (TPSA) is 71.2 Å². The molecule has 4 saturated carbocycles. The van der Waals surface area contributed by atoms with E-state index in [4.69, 9.17) is 4.74 Å². The van der Waals surface area contributed by atoms with Crippen molar-refractivity contribution in [3.8, 4) is 0 Å². The first-order valence-electron chi connectivity index (χ1n) is 12.6. The van der Waals surface area contributed by atoms with Crippen LogP contribution >= 0.6 is 0 Å². The quantitative estimate of drug-likeness (QED) is 0.459. The summed E-state index contributed by atoms with van der Waals surface area (Å²) < 4.78 is 5.34. The van der Waals surface area contributed by atoms with Crippen molar-refractivity contribution >= 4 is 5.97 Å². The molecule has 0 unspecified atom stereocenters. The molecule has 0 radical (unpaired) electrons. The minimum Gasteiger partial charge on any atom is -0.457 e. The van der Waals surface area contributed by atoms with Gasteiger partial charge >= 0.3 is 5.97 Å². The summed E-state index contributed by atoms with van der Waals surface area (Å²) in [7, 11) is 4.09. The van der Waals surface area contributed by atoms with Crippen molar-refractivity contribution in [3.05, 3.63) is 12.2 Å². The Bertz CT molecular complexity index is 708. The number of aliphatic hydroxyl groups excluding tert-OH is 1. The highest BCUT2D eigenvalue weighted by Crippen LogP contribution is 2.69. The van der Waals surface area contributed by atoms with Gasteiger partial charge in [-0.15, -0.1) is 0 Å². The Balaban J connectivity index is 1.47. The van der Waals surface area contributed by atoms with Crippen molar-refractivity contribution in [2.24, 2.45) is 34.5 Å². The molecular formula is C26H44NO4+. The van der Waals surface area contributed by atoms with E-state index in [0.717, 1.165) is 64.3 Å². The number of carbonyl (C=O) groups is 1. The van der Waals surface area contributed by atoms with Gasteiger partial charge in [-0.3, -0.25) is 0 Å². The third-order valence-electron chi connectivity index (χ3n) is 10.2. The fraction of sp³-hybridized carbons (Fsp3) is 0.885. The summed E-state index contributed by atoms with van der Waals surface area (Å²) in [5, 5.41) is 22.4. The maximum absolute atomic E-state index is 12.2. The van der Waals surface area contributed by atoms with E-state index in [0.29, 0.717) is 24.4 Å². The first-order chi connectivity index (χ1) is 14.6. The van der Waals surface area contributed by atoms with Crippen LogP contribution in [0.1, 0.15) is 71.6 Å². The van der Waals surface area contributed by atoms with Gasteiger partial charge in [-0.2, -0.15) is 0 Å². The summed E-state index contributed by atoms with van der Waals surface area (Å²) in [6.45, 7) is 5.96. The summed E-state index contributed by atoms with van der Waals surface area (Å²) in [6, 6.07) is 0. The molecule has 0 heterocycles. The molecule has 8 atom stereocenters. The van der Waals surface area contributed by atoms with E-state index in [9.17, 15) is 15.0 Å². The normalized spacial score (nSPS) is 47.1. The lowest BCUT2D eigenvalue weighted by Gasteiger charge is -2.63. The highest BCUT2D eigenvalue weighted by atomic mass is 16.5. The van der Waals surface area contributed by atoms with Gasteiger partial charge in [0, 0.05) is 11.5 Å². The molecule has 3 N–H and O–H groups in total. The molecule has 4 aliphatic rings. The average molecular weight is 435 g/mol. The van der Waals surface area contributed by atoms with Crippen LogP contribution in [0.4, 0.5) is 0 Å². The lowest BCUT2D eigenvalue weighted by Crippen LogP contribution is -3.06. The van der Waals surface area contributed by atoms with E-state index in [1.807, 2.05) is 20.2 Å². The Morgan fingerprint density at radius 2 is 1.84 bits per heavy atom. The van der Waals surface area contributed by atoms with Gasteiger partial charge in [-0.1, -0.05) is 19.9 Å². The van der Waals surface area contributed by atoms with Crippen LogP contribution in [0, 0.1) is 34.5 Å². The molecule has 5 nitrogen and oxygen atoms in total. The van der Waals surface area contributed by atoms with E-state index in [1.54, 1.807) is 6.08 Å². The van der Waals surface area contributed by atoms with E-state index in [-0.39, 0.29) is 28.8 Å². The largest absolute Gasteiger partial charge is 0.457 e. The van der Waals surface area contributed by atoms with Crippen molar-refractivity contribution in [2.75, 3.05) is 27.2 Å². The smallest absolute Gasteiger partial charge is 0.330 e. The van der Waals surface area contributed by atoms with Gasteiger partial charge in [-0.05, 0) is 86.9 Å². The number of aliphatic hydroxyl groups is 2. The fourth-order valence-corrected chi connectivity index (χ4v) is 8.15. The van der Waals surface area contributed by atoms with E-state index in [1.165, 1.54) is 4.90 Å². The summed E-state index contributed by atoms with van der Waals surface area (Å²) in [5.74, 6) is 1.46. The molecule has 0 spiro atoms. The predicted molar refractivity (Wildman–Crippen MR) is 120 cm³/mol. The molecule has 0 aromatic carbocycles. The van der Waals surface area contributed by atoms with Gasteiger partial charge in [0.25, 0.3) is 0 Å². The van der Waals surface area contributed by atoms with Gasteiger partial charge in [0.05, 0.1) is 25.8 Å². The number of nitrogens with one attached hydrogen (secondary N) is 1. The Morgan fingerprint density at radius 3 is 2.58 bits per heavy atom. The van der Waals surface area contributed by atoms with E-state index < -0.39 is 5.60 Å². The van der Waals surface area contributed by atoms with Crippen molar-refractivity contribution in [2.45, 2.75) is 83.3 Å². The Labute approximate surface area is 188 Å². The number of fused-ring (bicyclic) bond motifs is 5. The van der Waals surface area contributed by atoms with E-state index in [2.05, 4.69) is 13.8 Å². The maximum atomic E-state index is 12.2. The molecule has 4 rings (SSSR count). The van der Waals surface area contributed by atoms with Gasteiger partial charge in [-0.25, -0.2) is 4.79 Å². The number of hydrogen-bond donors (Lipinski definition) is 3. The van der Waals surface area contributed by atoms with Crippen molar-refractivity contribution in [1.29, 1.82) is 0 Å².